The highest BCUT2D eigenvalue weighted by Crippen LogP contribution is 2.58. The number of benzene rings is 8. The van der Waals surface area contributed by atoms with Crippen LogP contribution >= 0.6 is 48.1 Å². The topological polar surface area (TPSA) is 18.5 Å². The van der Waals surface area contributed by atoms with Gasteiger partial charge in [-0.05, 0) is 95.6 Å². The molecule has 0 aromatic heterocycles. The SMILES string of the molecule is Br.BrCc1ccccc1.FCCOc1ccc(P(c2ccccc2)c2ccccc2)cc1.FCCOc1ccc([P+](Cc2ccccc2)(c2ccccc2)c2ccccc2)cc1. The van der Waals surface area contributed by atoms with Crippen molar-refractivity contribution < 1.29 is 18.3 Å². The minimum Gasteiger partial charge on any atom is -0.491 e. The Morgan fingerprint density at radius 1 is 0.387 bits per heavy atom. The van der Waals surface area contributed by atoms with Crippen LogP contribution in [0, 0.1) is 0 Å². The lowest BCUT2D eigenvalue weighted by molar-refractivity contribution is 0.273. The van der Waals surface area contributed by atoms with E-state index < -0.39 is 28.5 Å². The van der Waals surface area contributed by atoms with Gasteiger partial charge in [0.2, 0.25) is 0 Å². The number of hydrogen-bond acceptors (Lipinski definition) is 2. The van der Waals surface area contributed by atoms with Crippen LogP contribution in [0.5, 0.6) is 11.5 Å². The minimum absolute atomic E-state index is 0. The molecule has 2 nitrogen and oxygen atoms in total. The van der Waals surface area contributed by atoms with Crippen LogP contribution in [-0.4, -0.2) is 26.6 Å². The third kappa shape index (κ3) is 13.8. The summed E-state index contributed by atoms with van der Waals surface area (Å²) in [5.41, 5.74) is 2.64. The first-order chi connectivity index (χ1) is 30.1. The fraction of sp³-hybridized carbons (Fsp3) is 0.111. The molecule has 0 aliphatic heterocycles. The molecule has 0 bridgehead atoms. The van der Waals surface area contributed by atoms with E-state index in [2.05, 4.69) is 192 Å². The summed E-state index contributed by atoms with van der Waals surface area (Å²) in [6, 6.07) is 79.9. The lowest BCUT2D eigenvalue weighted by Gasteiger charge is -2.28. The van der Waals surface area contributed by atoms with Crippen LogP contribution in [0.25, 0.3) is 0 Å². The molecule has 8 rings (SSSR count). The van der Waals surface area contributed by atoms with Gasteiger partial charge < -0.3 is 9.47 Å². The number of halogens is 4. The van der Waals surface area contributed by atoms with Crippen LogP contribution in [0.1, 0.15) is 11.1 Å². The molecule has 62 heavy (non-hydrogen) atoms. The molecule has 0 N–H and O–H groups in total. The second-order valence-corrected chi connectivity index (χ2v) is 20.1. The van der Waals surface area contributed by atoms with E-state index in [4.69, 9.17) is 9.47 Å². The van der Waals surface area contributed by atoms with E-state index in [0.29, 0.717) is 11.5 Å². The molecule has 0 saturated heterocycles. The number of hydrogen-bond donors (Lipinski definition) is 0. The smallest absolute Gasteiger partial charge is 0.123 e. The minimum atomic E-state index is -1.95. The average molecular weight is 992 g/mol. The Morgan fingerprint density at radius 3 is 1.08 bits per heavy atom. The van der Waals surface area contributed by atoms with Gasteiger partial charge in [-0.3, -0.25) is 0 Å². The fourth-order valence-electron chi connectivity index (χ4n) is 6.91. The summed E-state index contributed by atoms with van der Waals surface area (Å²) in [6.45, 7) is -0.768. The summed E-state index contributed by atoms with van der Waals surface area (Å²) >= 11 is 3.36. The van der Waals surface area contributed by atoms with Gasteiger partial charge in [0.05, 0.1) is 6.16 Å². The predicted octanol–water partition coefficient (Wildman–Crippen LogP) is 12.5. The molecule has 0 atom stereocenters. The van der Waals surface area contributed by atoms with Crippen molar-refractivity contribution in [3.05, 3.63) is 242 Å². The molecule has 0 aliphatic rings. The Kier molecular flexibility index (Phi) is 20.5. The van der Waals surface area contributed by atoms with Gasteiger partial charge >= 0.3 is 0 Å². The van der Waals surface area contributed by atoms with E-state index in [9.17, 15) is 8.78 Å². The van der Waals surface area contributed by atoms with Gasteiger partial charge in [-0.2, -0.15) is 0 Å². The second kappa shape index (κ2) is 26.5. The lowest BCUT2D eigenvalue weighted by Crippen LogP contribution is -2.32. The zero-order valence-electron chi connectivity index (χ0n) is 34.4. The molecule has 0 aliphatic carbocycles. The van der Waals surface area contributed by atoms with E-state index in [1.165, 1.54) is 43.0 Å². The molecule has 8 aromatic rings. The molecule has 8 heteroatoms. The maximum absolute atomic E-state index is 12.5. The highest BCUT2D eigenvalue weighted by atomic mass is 79.9. The number of ether oxygens (including phenoxy) is 2. The van der Waals surface area contributed by atoms with Gasteiger partial charge in [-0.1, -0.05) is 186 Å². The zero-order valence-corrected chi connectivity index (χ0v) is 39.5. The number of alkyl halides is 3. The normalized spacial score (nSPS) is 10.6. The first-order valence-corrected chi connectivity index (χ1v) is 24.7. The van der Waals surface area contributed by atoms with Crippen molar-refractivity contribution >= 4 is 79.9 Å². The Balaban J connectivity index is 0.000000200. The van der Waals surface area contributed by atoms with Crippen molar-refractivity contribution in [2.75, 3.05) is 26.6 Å². The summed E-state index contributed by atoms with van der Waals surface area (Å²) in [5, 5.41) is 8.81. The van der Waals surface area contributed by atoms with Crippen LogP contribution in [0.4, 0.5) is 8.78 Å². The quantitative estimate of drug-likeness (QED) is 0.0753. The monoisotopic (exact) mass is 989 g/mol. The van der Waals surface area contributed by atoms with Crippen LogP contribution in [0.3, 0.4) is 0 Å². The standard InChI is InChI=1S/C27H25FOP.C20H18FOP.C7H7Br.BrH/c28-20-21-29-24-16-18-27(19-17-24)30(25-12-6-2-7-13-25,26-14-8-3-9-15-26)22-23-10-4-1-5-11-23;21-15-16-22-17-11-13-20(14-12-17)23(18-7-3-1-4-8-18)19-9-5-2-6-10-19;8-6-7-4-2-1-3-5-7;/h1-19H,20-22H2;1-14H,15-16H2;1-5H,6H2;1H/q+1;;;. The zero-order chi connectivity index (χ0) is 42.4. The van der Waals surface area contributed by atoms with E-state index >= 15 is 0 Å². The first-order valence-electron chi connectivity index (χ1n) is 20.3. The van der Waals surface area contributed by atoms with Gasteiger partial charge in [0.25, 0.3) is 0 Å². The molecular weight excluding hydrogens is 940 g/mol. The molecule has 0 spiro atoms. The Morgan fingerprint density at radius 2 is 0.710 bits per heavy atom. The van der Waals surface area contributed by atoms with Crippen molar-refractivity contribution in [3.8, 4) is 11.5 Å². The lowest BCUT2D eigenvalue weighted by atomic mass is 10.2. The van der Waals surface area contributed by atoms with Crippen molar-refractivity contribution in [1.29, 1.82) is 0 Å². The van der Waals surface area contributed by atoms with Crippen LogP contribution < -0.4 is 41.3 Å². The molecule has 8 aromatic carbocycles. The highest BCUT2D eigenvalue weighted by Gasteiger charge is 2.45. The van der Waals surface area contributed by atoms with Gasteiger partial charge in [0.15, 0.2) is 0 Å². The Bertz CT molecular complexity index is 2300. The maximum atomic E-state index is 12.5. The van der Waals surface area contributed by atoms with Crippen molar-refractivity contribution in [2.45, 2.75) is 11.5 Å². The summed E-state index contributed by atoms with van der Waals surface area (Å²) in [6.07, 6.45) is 0.937. The third-order valence-corrected chi connectivity index (χ3v) is 17.2. The van der Waals surface area contributed by atoms with Gasteiger partial charge in [-0.15, -0.1) is 17.0 Å². The molecule has 0 fully saturated rings. The largest absolute Gasteiger partial charge is 0.491 e. The predicted molar refractivity (Wildman–Crippen MR) is 273 cm³/mol. The molecule has 0 heterocycles. The van der Waals surface area contributed by atoms with Gasteiger partial charge in [-0.25, -0.2) is 8.78 Å². The second-order valence-electron chi connectivity index (χ2n) is 13.8. The Hall–Kier alpha value is -4.96. The molecular formula is C54H51Br2F2O2P2+. The molecule has 316 valence electrons. The average Bonchev–Trinajstić information content (AvgIpc) is 3.35. The highest BCUT2D eigenvalue weighted by molar-refractivity contribution is 9.08. The Labute approximate surface area is 387 Å². The van der Waals surface area contributed by atoms with E-state index in [-0.39, 0.29) is 30.2 Å². The van der Waals surface area contributed by atoms with Crippen molar-refractivity contribution in [3.63, 3.8) is 0 Å². The van der Waals surface area contributed by atoms with Gasteiger partial charge in [0.1, 0.15) is 61.2 Å². The van der Waals surface area contributed by atoms with E-state index in [1.54, 1.807) is 0 Å². The molecule has 0 radical (unpaired) electrons. The van der Waals surface area contributed by atoms with E-state index in [0.717, 1.165) is 11.5 Å². The van der Waals surface area contributed by atoms with Crippen molar-refractivity contribution in [1.82, 2.24) is 0 Å². The summed E-state index contributed by atoms with van der Waals surface area (Å²) < 4.78 is 35.5. The van der Waals surface area contributed by atoms with Crippen LogP contribution in [0.15, 0.2) is 231 Å². The maximum Gasteiger partial charge on any atom is 0.123 e. The molecule has 0 amide bonds. The fourth-order valence-corrected chi connectivity index (χ4v) is 13.8. The molecule has 0 saturated carbocycles. The van der Waals surface area contributed by atoms with E-state index in [1.807, 2.05) is 54.6 Å². The first kappa shape index (κ1) is 48.1. The third-order valence-electron chi connectivity index (χ3n) is 9.75. The molecule has 0 unspecified atom stereocenters. The number of rotatable bonds is 15. The van der Waals surface area contributed by atoms with Crippen molar-refractivity contribution in [2.24, 2.45) is 0 Å². The summed E-state index contributed by atoms with van der Waals surface area (Å²) in [7, 11) is -2.55. The summed E-state index contributed by atoms with van der Waals surface area (Å²) in [4.78, 5) is 0. The van der Waals surface area contributed by atoms with Crippen LogP contribution in [0.2, 0.25) is 0 Å². The summed E-state index contributed by atoms with van der Waals surface area (Å²) in [5.74, 6) is 1.41. The van der Waals surface area contributed by atoms with Crippen LogP contribution in [-0.2, 0) is 11.5 Å². The van der Waals surface area contributed by atoms with Gasteiger partial charge in [0, 0.05) is 5.33 Å².